The first kappa shape index (κ1) is 20.4. The van der Waals surface area contributed by atoms with E-state index in [1.54, 1.807) is 30.3 Å². The third-order valence-corrected chi connectivity index (χ3v) is 5.02. The van der Waals surface area contributed by atoms with Crippen LogP contribution in [0.25, 0.3) is 10.2 Å². The maximum atomic E-state index is 11.6. The van der Waals surface area contributed by atoms with E-state index in [9.17, 15) is 4.79 Å². The average molecular weight is 420 g/mol. The van der Waals surface area contributed by atoms with Gasteiger partial charge in [-0.3, -0.25) is 4.79 Å². The number of carbonyl (C=O) groups excluding carboxylic acids is 1. The van der Waals surface area contributed by atoms with Gasteiger partial charge in [-0.1, -0.05) is 36.8 Å². The van der Waals surface area contributed by atoms with Gasteiger partial charge in [0.2, 0.25) is 0 Å². The molecule has 0 bridgehead atoms. The predicted molar refractivity (Wildman–Crippen MR) is 112 cm³/mol. The van der Waals surface area contributed by atoms with Gasteiger partial charge in [-0.25, -0.2) is 4.98 Å². The van der Waals surface area contributed by atoms with Crippen LogP contribution in [0.4, 0.5) is 0 Å². The molecule has 0 spiro atoms. The van der Waals surface area contributed by atoms with Crippen LogP contribution >= 0.6 is 22.9 Å². The van der Waals surface area contributed by atoms with Gasteiger partial charge in [0, 0.05) is 5.02 Å². The molecule has 1 aromatic heterocycles. The van der Waals surface area contributed by atoms with Crippen LogP contribution in [0.2, 0.25) is 5.02 Å². The molecule has 0 amide bonds. The Morgan fingerprint density at radius 1 is 1.11 bits per heavy atom. The zero-order valence-electron chi connectivity index (χ0n) is 15.8. The first-order chi connectivity index (χ1) is 13.5. The minimum Gasteiger partial charge on any atom is -0.493 e. The first-order valence-electron chi connectivity index (χ1n) is 9.12. The van der Waals surface area contributed by atoms with Crippen LogP contribution in [0.5, 0.6) is 16.7 Å². The number of nitrogens with zero attached hydrogens (tertiary/aromatic N) is 1. The van der Waals surface area contributed by atoms with E-state index in [-0.39, 0.29) is 19.0 Å². The third kappa shape index (κ3) is 6.11. The van der Waals surface area contributed by atoms with Crippen molar-refractivity contribution < 1.29 is 19.0 Å². The number of benzene rings is 2. The molecule has 0 atom stereocenters. The van der Waals surface area contributed by atoms with Crippen LogP contribution in [0.15, 0.2) is 42.5 Å². The van der Waals surface area contributed by atoms with Gasteiger partial charge in [0.25, 0.3) is 5.19 Å². The van der Waals surface area contributed by atoms with Gasteiger partial charge in [0.15, 0.2) is 0 Å². The number of ether oxygens (including phenoxy) is 3. The first-order valence-corrected chi connectivity index (χ1v) is 10.3. The van der Waals surface area contributed by atoms with Crippen molar-refractivity contribution >= 4 is 39.1 Å². The van der Waals surface area contributed by atoms with Crippen molar-refractivity contribution in [2.24, 2.45) is 5.92 Å². The molecule has 0 fully saturated rings. The van der Waals surface area contributed by atoms with Crippen LogP contribution in [0.1, 0.15) is 26.7 Å². The summed E-state index contributed by atoms with van der Waals surface area (Å²) in [6.45, 7) is 4.92. The molecule has 0 aliphatic heterocycles. The van der Waals surface area contributed by atoms with Crippen molar-refractivity contribution in [1.29, 1.82) is 0 Å². The Balaban J connectivity index is 1.46. The number of aromatic nitrogens is 1. The monoisotopic (exact) mass is 419 g/mol. The summed E-state index contributed by atoms with van der Waals surface area (Å²) in [6, 6.07) is 12.7. The molecule has 5 nitrogen and oxygen atoms in total. The molecule has 3 aromatic rings. The molecule has 0 saturated carbocycles. The molecule has 0 unspecified atom stereocenters. The standard InChI is InChI=1S/C21H22ClNO4S/c1-14(2)9-11-26-20(24)10-12-25-16-4-6-17(7-5-16)27-21-23-18-8-3-15(22)13-19(18)28-21/h3-8,13-14H,9-12H2,1-2H3. The van der Waals surface area contributed by atoms with Crippen molar-refractivity contribution in [3.63, 3.8) is 0 Å². The Kier molecular flexibility index (Phi) is 7.12. The third-order valence-electron chi connectivity index (χ3n) is 3.89. The highest BCUT2D eigenvalue weighted by Crippen LogP contribution is 2.33. The molecule has 0 N–H and O–H groups in total. The summed E-state index contributed by atoms with van der Waals surface area (Å²) in [5.74, 6) is 1.60. The Morgan fingerprint density at radius 3 is 2.61 bits per heavy atom. The Morgan fingerprint density at radius 2 is 1.86 bits per heavy atom. The summed E-state index contributed by atoms with van der Waals surface area (Å²) in [5, 5.41) is 1.23. The van der Waals surface area contributed by atoms with Crippen LogP contribution in [0.3, 0.4) is 0 Å². The summed E-state index contributed by atoms with van der Waals surface area (Å²) in [7, 11) is 0. The van der Waals surface area contributed by atoms with Crippen molar-refractivity contribution in [2.75, 3.05) is 13.2 Å². The highest BCUT2D eigenvalue weighted by atomic mass is 35.5. The van der Waals surface area contributed by atoms with Gasteiger partial charge in [-0.05, 0) is 54.8 Å². The van der Waals surface area contributed by atoms with Crippen LogP contribution in [0, 0.1) is 5.92 Å². The zero-order chi connectivity index (χ0) is 19.9. The molecule has 7 heteroatoms. The van der Waals surface area contributed by atoms with Gasteiger partial charge in [-0.2, -0.15) is 0 Å². The fraction of sp³-hybridized carbons (Fsp3) is 0.333. The molecule has 0 aliphatic rings. The molecule has 0 aliphatic carbocycles. The van der Waals surface area contributed by atoms with E-state index in [4.69, 9.17) is 25.8 Å². The van der Waals surface area contributed by atoms with E-state index in [0.717, 1.165) is 16.6 Å². The van der Waals surface area contributed by atoms with E-state index in [0.29, 0.717) is 34.2 Å². The minimum absolute atomic E-state index is 0.227. The number of thiazole rings is 1. The van der Waals surface area contributed by atoms with E-state index >= 15 is 0 Å². The lowest BCUT2D eigenvalue weighted by Crippen LogP contribution is -2.11. The number of hydrogen-bond donors (Lipinski definition) is 0. The molecule has 28 heavy (non-hydrogen) atoms. The topological polar surface area (TPSA) is 57.7 Å². The summed E-state index contributed by atoms with van der Waals surface area (Å²) in [4.78, 5) is 16.1. The van der Waals surface area contributed by atoms with Gasteiger partial charge < -0.3 is 14.2 Å². The quantitative estimate of drug-likeness (QED) is 0.392. The second-order valence-corrected chi connectivity index (χ2v) is 8.10. The van der Waals surface area contributed by atoms with E-state index in [1.807, 2.05) is 12.1 Å². The smallest absolute Gasteiger partial charge is 0.309 e. The van der Waals surface area contributed by atoms with Crippen molar-refractivity contribution in [2.45, 2.75) is 26.7 Å². The fourth-order valence-corrected chi connectivity index (χ4v) is 3.47. The molecule has 3 rings (SSSR count). The van der Waals surface area contributed by atoms with E-state index in [1.165, 1.54) is 11.3 Å². The molecular formula is C21H22ClNO4S. The SMILES string of the molecule is CC(C)CCOC(=O)CCOc1ccc(Oc2nc3ccc(Cl)cc3s2)cc1. The number of esters is 1. The number of hydrogen-bond acceptors (Lipinski definition) is 6. The number of rotatable bonds is 9. The maximum absolute atomic E-state index is 11.6. The predicted octanol–water partition coefficient (Wildman–Crippen LogP) is 6.10. The summed E-state index contributed by atoms with van der Waals surface area (Å²) in [5.41, 5.74) is 0.852. The Bertz CT molecular complexity index is 924. The van der Waals surface area contributed by atoms with E-state index in [2.05, 4.69) is 18.8 Å². The Labute approximate surface area is 173 Å². The van der Waals surface area contributed by atoms with E-state index < -0.39 is 0 Å². The lowest BCUT2D eigenvalue weighted by Gasteiger charge is -2.08. The summed E-state index contributed by atoms with van der Waals surface area (Å²) < 4.78 is 17.5. The minimum atomic E-state index is -0.239. The van der Waals surface area contributed by atoms with Crippen molar-refractivity contribution in [1.82, 2.24) is 4.98 Å². The van der Waals surface area contributed by atoms with Gasteiger partial charge >= 0.3 is 5.97 Å². The Hall–Kier alpha value is -2.31. The fourth-order valence-electron chi connectivity index (χ4n) is 2.36. The molecule has 1 heterocycles. The van der Waals surface area contributed by atoms with Crippen molar-refractivity contribution in [3.8, 4) is 16.7 Å². The molecule has 0 saturated heterocycles. The van der Waals surface area contributed by atoms with Gasteiger partial charge in [0.1, 0.15) is 11.5 Å². The van der Waals surface area contributed by atoms with Crippen LogP contribution in [-0.4, -0.2) is 24.2 Å². The maximum Gasteiger partial charge on any atom is 0.309 e. The molecule has 148 valence electrons. The lowest BCUT2D eigenvalue weighted by atomic mass is 10.1. The number of fused-ring (bicyclic) bond motifs is 1. The second-order valence-electron chi connectivity index (χ2n) is 6.67. The largest absolute Gasteiger partial charge is 0.493 e. The summed E-state index contributed by atoms with van der Waals surface area (Å²) >= 11 is 7.43. The molecule has 2 aromatic carbocycles. The zero-order valence-corrected chi connectivity index (χ0v) is 17.4. The number of halogens is 1. The molecule has 0 radical (unpaired) electrons. The van der Waals surface area contributed by atoms with Gasteiger partial charge in [-0.15, -0.1) is 0 Å². The highest BCUT2D eigenvalue weighted by Gasteiger charge is 2.08. The summed E-state index contributed by atoms with van der Waals surface area (Å²) in [6.07, 6.45) is 1.10. The number of carbonyl (C=O) groups is 1. The highest BCUT2D eigenvalue weighted by molar-refractivity contribution is 7.20. The molecular weight excluding hydrogens is 398 g/mol. The van der Waals surface area contributed by atoms with Gasteiger partial charge in [0.05, 0.1) is 29.9 Å². The lowest BCUT2D eigenvalue weighted by molar-refractivity contribution is -0.144. The van der Waals surface area contributed by atoms with Crippen LogP contribution < -0.4 is 9.47 Å². The van der Waals surface area contributed by atoms with Crippen molar-refractivity contribution in [3.05, 3.63) is 47.5 Å². The van der Waals surface area contributed by atoms with Crippen LogP contribution in [-0.2, 0) is 9.53 Å². The average Bonchev–Trinajstić information content (AvgIpc) is 3.04. The normalized spacial score (nSPS) is 11.0. The second kappa shape index (κ2) is 9.75.